The lowest BCUT2D eigenvalue weighted by Crippen LogP contribution is -2.28. The van der Waals surface area contributed by atoms with E-state index in [2.05, 4.69) is 15.8 Å². The second kappa shape index (κ2) is 5.88. The molecule has 104 valence electrons. The van der Waals surface area contributed by atoms with Crippen LogP contribution in [-0.2, 0) is 0 Å². The van der Waals surface area contributed by atoms with Crippen molar-refractivity contribution in [2.45, 2.75) is 18.8 Å². The van der Waals surface area contributed by atoms with Gasteiger partial charge in [0.15, 0.2) is 0 Å². The van der Waals surface area contributed by atoms with Crippen molar-refractivity contribution in [3.05, 3.63) is 47.9 Å². The summed E-state index contributed by atoms with van der Waals surface area (Å²) < 4.78 is 5.03. The van der Waals surface area contributed by atoms with Crippen molar-refractivity contribution in [2.75, 3.05) is 18.4 Å². The number of nitrogens with one attached hydrogen (secondary N) is 2. The van der Waals surface area contributed by atoms with Gasteiger partial charge in [-0.05, 0) is 38.1 Å². The summed E-state index contributed by atoms with van der Waals surface area (Å²) in [4.78, 5) is 12.3. The highest BCUT2D eigenvalue weighted by molar-refractivity contribution is 6.04. The van der Waals surface area contributed by atoms with E-state index in [1.807, 2.05) is 30.3 Å². The molecule has 0 bridgehead atoms. The van der Waals surface area contributed by atoms with Crippen LogP contribution in [0.5, 0.6) is 0 Å². The molecule has 0 spiro atoms. The number of amides is 1. The molecule has 2 heterocycles. The molecular weight excluding hydrogens is 254 g/mol. The minimum absolute atomic E-state index is 0.161. The zero-order valence-electron chi connectivity index (χ0n) is 11.1. The minimum Gasteiger partial charge on any atom is -0.364 e. The van der Waals surface area contributed by atoms with E-state index in [4.69, 9.17) is 4.52 Å². The van der Waals surface area contributed by atoms with Gasteiger partial charge in [-0.1, -0.05) is 23.4 Å². The van der Waals surface area contributed by atoms with E-state index < -0.39 is 0 Å². The molecule has 1 amide bonds. The molecule has 0 atom stereocenters. The molecule has 5 heteroatoms. The number of para-hydroxylation sites is 1. The first-order chi connectivity index (χ1) is 9.84. The third kappa shape index (κ3) is 2.72. The largest absolute Gasteiger partial charge is 0.364 e. The van der Waals surface area contributed by atoms with Gasteiger partial charge in [-0.25, -0.2) is 0 Å². The number of benzene rings is 1. The van der Waals surface area contributed by atoms with Crippen molar-refractivity contribution in [3.8, 4) is 0 Å². The van der Waals surface area contributed by atoms with Gasteiger partial charge in [0.2, 0.25) is 0 Å². The summed E-state index contributed by atoms with van der Waals surface area (Å²) in [6.45, 7) is 1.91. The Kier molecular flexibility index (Phi) is 3.78. The number of rotatable bonds is 3. The van der Waals surface area contributed by atoms with Crippen LogP contribution in [0, 0.1) is 0 Å². The molecule has 0 saturated carbocycles. The normalized spacial score (nSPS) is 16.0. The van der Waals surface area contributed by atoms with Crippen LogP contribution >= 0.6 is 0 Å². The Morgan fingerprint density at radius 2 is 2.00 bits per heavy atom. The molecule has 1 fully saturated rings. The number of hydrogen-bond donors (Lipinski definition) is 2. The zero-order chi connectivity index (χ0) is 13.8. The molecule has 2 N–H and O–H groups in total. The summed E-state index contributed by atoms with van der Waals surface area (Å²) in [6, 6.07) is 9.40. The van der Waals surface area contributed by atoms with Gasteiger partial charge < -0.3 is 15.2 Å². The Morgan fingerprint density at radius 3 is 2.75 bits per heavy atom. The van der Waals surface area contributed by atoms with E-state index in [1.165, 1.54) is 6.26 Å². The Bertz CT molecular complexity index is 574. The summed E-state index contributed by atoms with van der Waals surface area (Å²) >= 11 is 0. The summed E-state index contributed by atoms with van der Waals surface area (Å²) in [6.07, 6.45) is 3.41. The van der Waals surface area contributed by atoms with Crippen LogP contribution in [-0.4, -0.2) is 24.2 Å². The summed E-state index contributed by atoms with van der Waals surface area (Å²) in [5.41, 5.74) is 2.09. The molecular formula is C15H17N3O2. The van der Waals surface area contributed by atoms with Crippen molar-refractivity contribution < 1.29 is 9.32 Å². The van der Waals surface area contributed by atoms with Crippen LogP contribution in [0.2, 0.25) is 0 Å². The standard InChI is InChI=1S/C15H17N3O2/c19-15(17-12-4-2-1-3-5-12)13-10-20-18-14(13)11-6-8-16-9-7-11/h1-5,10-11,16H,6-9H2,(H,17,19). The van der Waals surface area contributed by atoms with Gasteiger partial charge in [-0.3, -0.25) is 4.79 Å². The first kappa shape index (κ1) is 12.9. The Morgan fingerprint density at radius 1 is 1.25 bits per heavy atom. The highest BCUT2D eigenvalue weighted by atomic mass is 16.5. The maximum Gasteiger partial charge on any atom is 0.260 e. The number of hydrogen-bond acceptors (Lipinski definition) is 4. The number of carbonyl (C=O) groups is 1. The van der Waals surface area contributed by atoms with E-state index in [9.17, 15) is 4.79 Å². The summed E-state index contributed by atoms with van der Waals surface area (Å²) in [5.74, 6) is 0.137. The predicted octanol–water partition coefficient (Wildman–Crippen LogP) is 2.39. The number of carbonyl (C=O) groups excluding carboxylic acids is 1. The van der Waals surface area contributed by atoms with Crippen LogP contribution < -0.4 is 10.6 Å². The van der Waals surface area contributed by atoms with E-state index in [-0.39, 0.29) is 5.91 Å². The lowest BCUT2D eigenvalue weighted by atomic mass is 9.92. The van der Waals surface area contributed by atoms with Gasteiger partial charge >= 0.3 is 0 Å². The molecule has 1 aromatic heterocycles. The smallest absolute Gasteiger partial charge is 0.260 e. The summed E-state index contributed by atoms with van der Waals surface area (Å²) in [5, 5.41) is 10.2. The van der Waals surface area contributed by atoms with Crippen LogP contribution in [0.4, 0.5) is 5.69 Å². The Hall–Kier alpha value is -2.14. The number of anilines is 1. The van der Waals surface area contributed by atoms with Gasteiger partial charge in [0.05, 0.1) is 5.69 Å². The van der Waals surface area contributed by atoms with Crippen LogP contribution in [0.25, 0.3) is 0 Å². The monoisotopic (exact) mass is 271 g/mol. The van der Waals surface area contributed by atoms with Crippen molar-refractivity contribution in [2.24, 2.45) is 0 Å². The van der Waals surface area contributed by atoms with Crippen molar-refractivity contribution >= 4 is 11.6 Å². The molecule has 5 nitrogen and oxygen atoms in total. The van der Waals surface area contributed by atoms with Gasteiger partial charge in [0.1, 0.15) is 11.8 Å². The quantitative estimate of drug-likeness (QED) is 0.899. The molecule has 20 heavy (non-hydrogen) atoms. The second-order valence-electron chi connectivity index (χ2n) is 4.96. The van der Waals surface area contributed by atoms with Gasteiger partial charge in [0, 0.05) is 11.6 Å². The van der Waals surface area contributed by atoms with Gasteiger partial charge in [-0.15, -0.1) is 0 Å². The van der Waals surface area contributed by atoms with Crippen molar-refractivity contribution in [1.29, 1.82) is 0 Å². The molecule has 0 radical (unpaired) electrons. The van der Waals surface area contributed by atoms with Crippen LogP contribution in [0.15, 0.2) is 41.1 Å². The predicted molar refractivity (Wildman–Crippen MR) is 75.7 cm³/mol. The molecule has 1 saturated heterocycles. The molecule has 1 aromatic carbocycles. The molecule has 1 aliphatic heterocycles. The Labute approximate surface area is 117 Å². The average Bonchev–Trinajstić information content (AvgIpc) is 2.99. The number of aromatic nitrogens is 1. The van der Waals surface area contributed by atoms with E-state index in [1.54, 1.807) is 0 Å². The van der Waals surface area contributed by atoms with Crippen molar-refractivity contribution in [3.63, 3.8) is 0 Å². The SMILES string of the molecule is O=C(Nc1ccccc1)c1conc1C1CCNCC1. The highest BCUT2D eigenvalue weighted by Crippen LogP contribution is 2.27. The Balaban J connectivity index is 1.77. The third-order valence-corrected chi connectivity index (χ3v) is 3.60. The van der Waals surface area contributed by atoms with Gasteiger partial charge in [-0.2, -0.15) is 0 Å². The van der Waals surface area contributed by atoms with Crippen LogP contribution in [0.1, 0.15) is 34.8 Å². The topological polar surface area (TPSA) is 67.2 Å². The summed E-state index contributed by atoms with van der Waals surface area (Å²) in [7, 11) is 0. The van der Waals surface area contributed by atoms with Crippen LogP contribution in [0.3, 0.4) is 0 Å². The minimum atomic E-state index is -0.161. The van der Waals surface area contributed by atoms with Crippen molar-refractivity contribution in [1.82, 2.24) is 10.5 Å². The molecule has 0 unspecified atom stereocenters. The first-order valence-corrected chi connectivity index (χ1v) is 6.86. The van der Waals surface area contributed by atoms with E-state index in [0.717, 1.165) is 37.3 Å². The maximum atomic E-state index is 12.3. The lowest BCUT2D eigenvalue weighted by Gasteiger charge is -2.21. The molecule has 3 rings (SSSR count). The fourth-order valence-electron chi connectivity index (χ4n) is 2.52. The highest BCUT2D eigenvalue weighted by Gasteiger charge is 2.25. The number of nitrogens with zero attached hydrogens (tertiary/aromatic N) is 1. The third-order valence-electron chi connectivity index (χ3n) is 3.60. The fraction of sp³-hybridized carbons (Fsp3) is 0.333. The second-order valence-corrected chi connectivity index (χ2v) is 4.96. The van der Waals surface area contributed by atoms with E-state index >= 15 is 0 Å². The molecule has 1 aliphatic rings. The fourth-order valence-corrected chi connectivity index (χ4v) is 2.52. The van der Waals surface area contributed by atoms with E-state index in [0.29, 0.717) is 11.5 Å². The van der Waals surface area contributed by atoms with Gasteiger partial charge in [0.25, 0.3) is 5.91 Å². The molecule has 0 aliphatic carbocycles. The lowest BCUT2D eigenvalue weighted by molar-refractivity contribution is 0.102. The number of piperidine rings is 1. The zero-order valence-corrected chi connectivity index (χ0v) is 11.1. The first-order valence-electron chi connectivity index (χ1n) is 6.86. The molecule has 2 aromatic rings. The maximum absolute atomic E-state index is 12.3. The average molecular weight is 271 g/mol.